The van der Waals surface area contributed by atoms with Crippen LogP contribution < -0.4 is 0 Å². The van der Waals surface area contributed by atoms with E-state index in [4.69, 9.17) is 1.37 Å². The van der Waals surface area contributed by atoms with Gasteiger partial charge in [0.2, 0.25) is 0 Å². The van der Waals surface area contributed by atoms with Gasteiger partial charge >= 0.3 is 0 Å². The number of thioether (sulfide) groups is 1. The number of hydrogen-bond donors (Lipinski definition) is 0. The maximum Gasteiger partial charge on any atom is 0.0591 e. The van der Waals surface area contributed by atoms with Crippen molar-refractivity contribution in [2.24, 2.45) is 0 Å². The van der Waals surface area contributed by atoms with Gasteiger partial charge in [-0.15, -0.1) is 11.8 Å². The molecule has 1 heterocycles. The maximum absolute atomic E-state index is 8.11. The van der Waals surface area contributed by atoms with E-state index in [1.807, 2.05) is 48.6 Å². The van der Waals surface area contributed by atoms with Crippen LogP contribution in [0.25, 0.3) is 4.91 Å². The minimum Gasteiger partial charge on any atom is -0.113 e. The molecule has 0 aromatic heterocycles. The Kier molecular flexibility index (Phi) is 3.00. The molecule has 1 atom stereocenters. The summed E-state index contributed by atoms with van der Waals surface area (Å²) >= 11 is 1.75. The zero-order chi connectivity index (χ0) is 13.1. The summed E-state index contributed by atoms with van der Waals surface area (Å²) in [6.07, 6.45) is 3.96. The first-order chi connectivity index (χ1) is 9.34. The molecule has 0 N–H and O–H groups in total. The van der Waals surface area contributed by atoms with Gasteiger partial charge in [-0.05, 0) is 17.2 Å². The zero-order valence-electron chi connectivity index (χ0n) is 10.9. The highest BCUT2D eigenvalue weighted by molar-refractivity contribution is 8.08. The lowest BCUT2D eigenvalue weighted by Crippen LogP contribution is -1.94. The van der Waals surface area contributed by atoms with E-state index in [1.165, 1.54) is 16.0 Å². The van der Waals surface area contributed by atoms with Gasteiger partial charge in [-0.3, -0.25) is 0 Å². The Hall–Kier alpha value is -1.73. The average molecular weight is 251 g/mol. The second-order valence-electron chi connectivity index (χ2n) is 4.14. The van der Waals surface area contributed by atoms with Gasteiger partial charge in [-0.1, -0.05) is 72.8 Å². The van der Waals surface area contributed by atoms with E-state index in [0.717, 1.165) is 0 Å². The van der Waals surface area contributed by atoms with Gasteiger partial charge in [-0.2, -0.15) is 0 Å². The van der Waals surface area contributed by atoms with Gasteiger partial charge in [0.05, 0.1) is 6.62 Å². The van der Waals surface area contributed by atoms with E-state index in [2.05, 4.69) is 24.3 Å². The van der Waals surface area contributed by atoms with Crippen LogP contribution in [-0.2, 0) is 0 Å². The van der Waals surface area contributed by atoms with E-state index < -0.39 is 0 Å². The minimum absolute atomic E-state index is 0.0985. The molecule has 0 saturated heterocycles. The molecule has 18 heavy (non-hydrogen) atoms. The van der Waals surface area contributed by atoms with Crippen LogP contribution in [0.3, 0.4) is 0 Å². The number of allylic oxidation sites excluding steroid dienone is 2. The molecule has 1 aliphatic rings. The molecule has 3 rings (SSSR count). The molecule has 0 amide bonds. The molecular weight excluding hydrogens is 236 g/mol. The monoisotopic (exact) mass is 251 g/mol. The van der Waals surface area contributed by atoms with Crippen molar-refractivity contribution in [2.75, 3.05) is 0 Å². The lowest BCUT2D eigenvalue weighted by Gasteiger charge is -2.18. The molecule has 0 saturated carbocycles. The molecular formula is C17H14S. The molecule has 0 radical (unpaired) electrons. The van der Waals surface area contributed by atoms with Crippen molar-refractivity contribution in [3.05, 3.63) is 90.0 Å². The molecule has 0 spiro atoms. The molecule has 1 aliphatic heterocycles. The van der Waals surface area contributed by atoms with Gasteiger partial charge in [-0.25, -0.2) is 0 Å². The fourth-order valence-corrected chi connectivity index (χ4v) is 3.08. The highest BCUT2D eigenvalue weighted by Gasteiger charge is 2.14. The average Bonchev–Trinajstić information content (AvgIpc) is 2.49. The highest BCUT2D eigenvalue weighted by atomic mass is 32.2. The predicted octanol–water partition coefficient (Wildman–Crippen LogP) is 5.07. The summed E-state index contributed by atoms with van der Waals surface area (Å²) in [6.45, 7) is 0. The van der Waals surface area contributed by atoms with Crippen molar-refractivity contribution < 1.29 is 1.37 Å². The fraction of sp³-hybridized carbons (Fsp3) is 0.0588. The standard InChI is InChI=1S/C17H14S/c1-3-8-14(9-4-1)16-12-7-13-17(18-16)15-10-5-2-6-11-15/h1-13,16H/i12D. The zero-order valence-corrected chi connectivity index (χ0v) is 10.7. The summed E-state index contributed by atoms with van der Waals surface area (Å²) in [4.78, 5) is 1.23. The van der Waals surface area contributed by atoms with E-state index in [0.29, 0.717) is 6.05 Å². The Morgan fingerprint density at radius 1 is 0.889 bits per heavy atom. The molecule has 0 bridgehead atoms. The van der Waals surface area contributed by atoms with Crippen LogP contribution in [0.4, 0.5) is 0 Å². The lowest BCUT2D eigenvalue weighted by molar-refractivity contribution is 1.23. The summed E-state index contributed by atoms with van der Waals surface area (Å²) in [6, 6.07) is 21.3. The first-order valence-electron chi connectivity index (χ1n) is 6.50. The van der Waals surface area contributed by atoms with E-state index >= 15 is 0 Å². The Bertz CT molecular complexity index is 614. The minimum atomic E-state index is 0.0985. The topological polar surface area (TPSA) is 0 Å². The number of rotatable bonds is 2. The van der Waals surface area contributed by atoms with E-state index in [-0.39, 0.29) is 5.25 Å². The van der Waals surface area contributed by atoms with Crippen molar-refractivity contribution in [2.45, 2.75) is 5.25 Å². The smallest absolute Gasteiger partial charge is 0.0591 e. The summed E-state index contributed by atoms with van der Waals surface area (Å²) in [5.41, 5.74) is 2.41. The third-order valence-electron chi connectivity index (χ3n) is 2.89. The molecule has 0 nitrogen and oxygen atoms in total. The second kappa shape index (κ2) is 5.28. The van der Waals surface area contributed by atoms with Gasteiger partial charge < -0.3 is 0 Å². The van der Waals surface area contributed by atoms with Crippen molar-refractivity contribution in [1.29, 1.82) is 0 Å². The van der Waals surface area contributed by atoms with Gasteiger partial charge in [0.1, 0.15) is 0 Å². The van der Waals surface area contributed by atoms with Crippen LogP contribution in [0.2, 0.25) is 0 Å². The van der Waals surface area contributed by atoms with Crippen molar-refractivity contribution >= 4 is 16.7 Å². The number of hydrogen-bond acceptors (Lipinski definition) is 1. The summed E-state index contributed by atoms with van der Waals surface area (Å²) in [7, 11) is 0. The molecule has 0 aliphatic carbocycles. The quantitative estimate of drug-likeness (QED) is 0.718. The molecule has 2 aromatic rings. The van der Waals surface area contributed by atoms with Gasteiger partial charge in [0.25, 0.3) is 0 Å². The fourth-order valence-electron chi connectivity index (χ4n) is 1.97. The molecule has 0 fully saturated rings. The van der Waals surface area contributed by atoms with Crippen molar-refractivity contribution in [3.8, 4) is 0 Å². The normalized spacial score (nSPS) is 19.8. The van der Waals surface area contributed by atoms with Crippen LogP contribution in [0.15, 0.2) is 78.9 Å². The largest absolute Gasteiger partial charge is 0.113 e. The maximum atomic E-state index is 8.11. The van der Waals surface area contributed by atoms with Gasteiger partial charge in [0.15, 0.2) is 0 Å². The Labute approximate surface area is 113 Å². The second-order valence-corrected chi connectivity index (χ2v) is 5.29. The van der Waals surface area contributed by atoms with Crippen molar-refractivity contribution in [1.82, 2.24) is 0 Å². The van der Waals surface area contributed by atoms with Crippen LogP contribution in [-0.4, -0.2) is 0 Å². The van der Waals surface area contributed by atoms with Crippen LogP contribution in [0.5, 0.6) is 0 Å². The summed E-state index contributed by atoms with van der Waals surface area (Å²) in [5.74, 6) is 0. The van der Waals surface area contributed by atoms with Crippen LogP contribution in [0, 0.1) is 0 Å². The van der Waals surface area contributed by atoms with Crippen LogP contribution >= 0.6 is 11.8 Å². The van der Waals surface area contributed by atoms with E-state index in [9.17, 15) is 0 Å². The van der Waals surface area contributed by atoms with Crippen molar-refractivity contribution in [3.63, 3.8) is 0 Å². The first kappa shape index (κ1) is 10.2. The summed E-state index contributed by atoms with van der Waals surface area (Å²) < 4.78 is 8.11. The predicted molar refractivity (Wildman–Crippen MR) is 80.3 cm³/mol. The molecule has 1 unspecified atom stereocenters. The summed E-state index contributed by atoms with van der Waals surface area (Å²) in [5, 5.41) is 0.0985. The third-order valence-corrected chi connectivity index (χ3v) is 4.16. The molecule has 88 valence electrons. The number of benzene rings is 2. The third kappa shape index (κ3) is 2.41. The molecule has 1 heteroatoms. The van der Waals surface area contributed by atoms with Crippen LogP contribution in [0.1, 0.15) is 17.7 Å². The first-order valence-corrected chi connectivity index (χ1v) is 6.88. The Morgan fingerprint density at radius 3 is 2.28 bits per heavy atom. The highest BCUT2D eigenvalue weighted by Crippen LogP contribution is 2.43. The SMILES string of the molecule is [2H]C1=CC=C(c2ccccc2)SC1c1ccccc1. The Morgan fingerprint density at radius 2 is 1.56 bits per heavy atom. The van der Waals surface area contributed by atoms with Gasteiger partial charge in [0, 0.05) is 4.91 Å². The van der Waals surface area contributed by atoms with E-state index in [1.54, 1.807) is 11.8 Å². The Balaban J connectivity index is 1.92. The molecule has 2 aromatic carbocycles. The lowest BCUT2D eigenvalue weighted by atomic mass is 10.1.